The van der Waals surface area contributed by atoms with Crippen LogP contribution in [0.15, 0.2) is 138 Å². The molecule has 1 aliphatic rings. The van der Waals surface area contributed by atoms with Crippen molar-refractivity contribution in [3.05, 3.63) is 145 Å². The lowest BCUT2D eigenvalue weighted by Gasteiger charge is -2.21. The molecule has 47 heavy (non-hydrogen) atoms. The van der Waals surface area contributed by atoms with Gasteiger partial charge in [-0.25, -0.2) is 4.98 Å². The molecular formula is C42H28N4O. The summed E-state index contributed by atoms with van der Waals surface area (Å²) in [5, 5.41) is 4.45. The number of para-hydroxylation sites is 2. The normalized spacial score (nSPS) is 13.5. The highest BCUT2D eigenvalue weighted by atomic mass is 16.3. The third-order valence-corrected chi connectivity index (χ3v) is 9.87. The van der Waals surface area contributed by atoms with E-state index in [0.29, 0.717) is 17.6 Å². The highest BCUT2D eigenvalue weighted by Gasteiger charge is 2.35. The first kappa shape index (κ1) is 26.2. The van der Waals surface area contributed by atoms with Gasteiger partial charge in [-0.2, -0.15) is 9.97 Å². The Morgan fingerprint density at radius 1 is 0.511 bits per heavy atom. The first-order valence-electron chi connectivity index (χ1n) is 16.0. The fourth-order valence-electron chi connectivity index (χ4n) is 7.66. The monoisotopic (exact) mass is 604 g/mol. The maximum absolute atomic E-state index is 6.30. The van der Waals surface area contributed by atoms with E-state index in [1.165, 1.54) is 22.3 Å². The first-order valence-corrected chi connectivity index (χ1v) is 16.0. The third kappa shape index (κ3) is 3.68. The van der Waals surface area contributed by atoms with Gasteiger partial charge in [-0.05, 0) is 52.6 Å². The molecule has 3 heterocycles. The SMILES string of the molecule is CC1(C)c2ccccc2-c2cc(-c3nc(-c4ccccc4)nc(-n4c5ccccc5c5c6c(ccc54)oc4ccccc46)n3)ccc21. The van der Waals surface area contributed by atoms with Crippen molar-refractivity contribution in [2.24, 2.45) is 0 Å². The first-order chi connectivity index (χ1) is 23.1. The predicted octanol–water partition coefficient (Wildman–Crippen LogP) is 10.5. The van der Waals surface area contributed by atoms with Gasteiger partial charge in [-0.15, -0.1) is 0 Å². The quantitative estimate of drug-likeness (QED) is 0.201. The van der Waals surface area contributed by atoms with E-state index >= 15 is 0 Å². The molecule has 0 N–H and O–H groups in total. The number of rotatable bonds is 3. The fourth-order valence-corrected chi connectivity index (χ4v) is 7.66. The average molecular weight is 605 g/mol. The zero-order valence-corrected chi connectivity index (χ0v) is 25.9. The van der Waals surface area contributed by atoms with Gasteiger partial charge in [0.15, 0.2) is 11.6 Å². The van der Waals surface area contributed by atoms with Crippen molar-refractivity contribution >= 4 is 43.7 Å². The van der Waals surface area contributed by atoms with E-state index in [1.54, 1.807) is 0 Å². The van der Waals surface area contributed by atoms with Gasteiger partial charge in [0.2, 0.25) is 5.95 Å². The van der Waals surface area contributed by atoms with Crippen LogP contribution >= 0.6 is 0 Å². The van der Waals surface area contributed by atoms with Crippen LogP contribution in [0.2, 0.25) is 0 Å². The summed E-state index contributed by atoms with van der Waals surface area (Å²) in [6.45, 7) is 4.60. The lowest BCUT2D eigenvalue weighted by molar-refractivity contribution is 0.660. The van der Waals surface area contributed by atoms with Gasteiger partial charge < -0.3 is 4.42 Å². The number of benzene rings is 6. The highest BCUT2D eigenvalue weighted by molar-refractivity contribution is 6.27. The molecule has 0 aliphatic heterocycles. The fraction of sp³-hybridized carbons (Fsp3) is 0.0714. The van der Waals surface area contributed by atoms with Gasteiger partial charge in [-0.1, -0.05) is 117 Å². The molecule has 1 aliphatic carbocycles. The molecule has 0 bridgehead atoms. The molecule has 3 aromatic heterocycles. The smallest absolute Gasteiger partial charge is 0.238 e. The Kier molecular flexibility index (Phi) is 5.28. The molecule has 0 saturated carbocycles. The van der Waals surface area contributed by atoms with Crippen molar-refractivity contribution in [1.82, 2.24) is 19.5 Å². The molecule has 0 unspecified atom stereocenters. The number of furan rings is 1. The molecule has 222 valence electrons. The van der Waals surface area contributed by atoms with Crippen LogP contribution in [0.4, 0.5) is 0 Å². The standard InChI is InChI=1S/C42H28N4O/c1-42(2)31-17-9-6-14-27(31)30-24-26(20-21-32(30)42)40-43-39(25-12-4-3-5-13-25)44-41(45-40)46-33-18-10-7-15-28(33)37-34(46)22-23-36-38(37)29-16-8-11-19-35(29)47-36/h3-24H,1-2H3. The number of aromatic nitrogens is 4. The van der Waals surface area contributed by atoms with Crippen molar-refractivity contribution in [2.75, 3.05) is 0 Å². The number of hydrogen-bond acceptors (Lipinski definition) is 4. The van der Waals surface area contributed by atoms with Gasteiger partial charge in [0, 0.05) is 38.1 Å². The lowest BCUT2D eigenvalue weighted by Crippen LogP contribution is -2.14. The number of nitrogens with zero attached hydrogens (tertiary/aromatic N) is 4. The van der Waals surface area contributed by atoms with E-state index in [2.05, 4.69) is 122 Å². The van der Waals surface area contributed by atoms with Crippen molar-refractivity contribution in [1.29, 1.82) is 0 Å². The molecule has 0 spiro atoms. The predicted molar refractivity (Wildman–Crippen MR) is 190 cm³/mol. The molecule has 0 radical (unpaired) electrons. The van der Waals surface area contributed by atoms with E-state index in [0.717, 1.165) is 54.9 Å². The van der Waals surface area contributed by atoms with Crippen molar-refractivity contribution in [2.45, 2.75) is 19.3 Å². The molecule has 0 saturated heterocycles. The van der Waals surface area contributed by atoms with Gasteiger partial charge in [0.05, 0.1) is 11.0 Å². The second-order valence-corrected chi connectivity index (χ2v) is 12.9. The van der Waals surface area contributed by atoms with E-state index in [-0.39, 0.29) is 5.41 Å². The summed E-state index contributed by atoms with van der Waals surface area (Å²) in [5.74, 6) is 1.85. The van der Waals surface area contributed by atoms with Crippen LogP contribution in [0.5, 0.6) is 0 Å². The Morgan fingerprint density at radius 3 is 2.09 bits per heavy atom. The number of hydrogen-bond donors (Lipinski definition) is 0. The highest BCUT2D eigenvalue weighted by Crippen LogP contribution is 2.49. The maximum Gasteiger partial charge on any atom is 0.238 e. The van der Waals surface area contributed by atoms with Crippen LogP contribution in [0.25, 0.3) is 83.6 Å². The summed E-state index contributed by atoms with van der Waals surface area (Å²) < 4.78 is 8.48. The Labute approximate surface area is 270 Å². The second kappa shape index (κ2) is 9.47. The Balaban J connectivity index is 1.27. The summed E-state index contributed by atoms with van der Waals surface area (Å²) in [4.78, 5) is 15.5. The minimum absolute atomic E-state index is 0.0739. The summed E-state index contributed by atoms with van der Waals surface area (Å²) in [7, 11) is 0. The zero-order chi connectivity index (χ0) is 31.3. The van der Waals surface area contributed by atoms with Crippen LogP contribution in [-0.4, -0.2) is 19.5 Å². The summed E-state index contributed by atoms with van der Waals surface area (Å²) in [6.07, 6.45) is 0. The Hall–Kier alpha value is -6.07. The molecule has 0 fully saturated rings. The lowest BCUT2D eigenvalue weighted by atomic mass is 9.82. The van der Waals surface area contributed by atoms with Crippen molar-refractivity contribution in [3.63, 3.8) is 0 Å². The van der Waals surface area contributed by atoms with E-state index < -0.39 is 0 Å². The summed E-state index contributed by atoms with van der Waals surface area (Å²) >= 11 is 0. The van der Waals surface area contributed by atoms with Gasteiger partial charge in [0.25, 0.3) is 0 Å². The van der Waals surface area contributed by atoms with Crippen molar-refractivity contribution < 1.29 is 4.42 Å². The summed E-state index contributed by atoms with van der Waals surface area (Å²) in [5.41, 5.74) is 10.8. The third-order valence-electron chi connectivity index (χ3n) is 9.87. The molecule has 0 amide bonds. The number of fused-ring (bicyclic) bond motifs is 10. The zero-order valence-electron chi connectivity index (χ0n) is 25.9. The molecule has 6 aromatic carbocycles. The van der Waals surface area contributed by atoms with E-state index in [1.807, 2.05) is 30.3 Å². The summed E-state index contributed by atoms with van der Waals surface area (Å²) in [6, 6.07) is 46.4. The van der Waals surface area contributed by atoms with Crippen LogP contribution in [0.3, 0.4) is 0 Å². The average Bonchev–Trinajstić information content (AvgIpc) is 3.74. The second-order valence-electron chi connectivity index (χ2n) is 12.9. The minimum Gasteiger partial charge on any atom is -0.456 e. The van der Waals surface area contributed by atoms with E-state index in [9.17, 15) is 0 Å². The van der Waals surface area contributed by atoms with E-state index in [4.69, 9.17) is 19.4 Å². The van der Waals surface area contributed by atoms with Crippen LogP contribution < -0.4 is 0 Å². The molecule has 0 atom stereocenters. The molecule has 9 aromatic rings. The minimum atomic E-state index is -0.0739. The van der Waals surface area contributed by atoms with Gasteiger partial charge >= 0.3 is 0 Å². The van der Waals surface area contributed by atoms with Crippen LogP contribution in [-0.2, 0) is 5.41 Å². The van der Waals surface area contributed by atoms with Crippen LogP contribution in [0, 0.1) is 0 Å². The topological polar surface area (TPSA) is 56.7 Å². The molecule has 5 nitrogen and oxygen atoms in total. The maximum atomic E-state index is 6.30. The van der Waals surface area contributed by atoms with Gasteiger partial charge in [0.1, 0.15) is 11.2 Å². The largest absolute Gasteiger partial charge is 0.456 e. The molecule has 10 rings (SSSR count). The van der Waals surface area contributed by atoms with Crippen molar-refractivity contribution in [3.8, 4) is 39.9 Å². The Bertz CT molecular complexity index is 2720. The van der Waals surface area contributed by atoms with Crippen LogP contribution in [0.1, 0.15) is 25.0 Å². The Morgan fingerprint density at radius 2 is 1.21 bits per heavy atom. The molecular weight excluding hydrogens is 576 g/mol. The van der Waals surface area contributed by atoms with Gasteiger partial charge in [-0.3, -0.25) is 4.57 Å². The molecule has 5 heteroatoms.